The molecule has 1 aromatic carbocycles. The SMILES string of the molecule is CC(OCCCN=C(N)NC(C)(C)C)c1ccccc1. The Bertz CT molecular complexity index is 409. The van der Waals surface area contributed by atoms with Gasteiger partial charge >= 0.3 is 0 Å². The van der Waals surface area contributed by atoms with Gasteiger partial charge in [0.15, 0.2) is 5.96 Å². The summed E-state index contributed by atoms with van der Waals surface area (Å²) in [6, 6.07) is 10.2. The number of rotatable bonds is 6. The second kappa shape index (κ2) is 7.90. The van der Waals surface area contributed by atoms with Crippen LogP contribution in [0, 0.1) is 0 Å². The maximum Gasteiger partial charge on any atom is 0.188 e. The first-order valence-corrected chi connectivity index (χ1v) is 7.13. The monoisotopic (exact) mass is 277 g/mol. The van der Waals surface area contributed by atoms with Crippen LogP contribution in [0.3, 0.4) is 0 Å². The summed E-state index contributed by atoms with van der Waals surface area (Å²) < 4.78 is 5.78. The van der Waals surface area contributed by atoms with Crippen LogP contribution in [-0.2, 0) is 4.74 Å². The number of aliphatic imine (C=N–C) groups is 1. The molecule has 0 aromatic heterocycles. The first kappa shape index (κ1) is 16.5. The normalized spacial score (nSPS) is 14.1. The van der Waals surface area contributed by atoms with Crippen molar-refractivity contribution in [1.29, 1.82) is 0 Å². The van der Waals surface area contributed by atoms with E-state index in [1.165, 1.54) is 5.56 Å². The van der Waals surface area contributed by atoms with Crippen LogP contribution in [0.1, 0.15) is 45.8 Å². The molecule has 1 rings (SSSR count). The first-order valence-electron chi connectivity index (χ1n) is 7.13. The third-order valence-corrected chi connectivity index (χ3v) is 2.72. The third kappa shape index (κ3) is 7.14. The summed E-state index contributed by atoms with van der Waals surface area (Å²) in [5.74, 6) is 0.494. The zero-order chi connectivity index (χ0) is 15.0. The lowest BCUT2D eigenvalue weighted by Gasteiger charge is -2.21. The van der Waals surface area contributed by atoms with Gasteiger partial charge in [-0.1, -0.05) is 30.3 Å². The van der Waals surface area contributed by atoms with Crippen LogP contribution in [0.5, 0.6) is 0 Å². The molecule has 0 aliphatic carbocycles. The highest BCUT2D eigenvalue weighted by atomic mass is 16.5. The summed E-state index contributed by atoms with van der Waals surface area (Å²) in [5.41, 5.74) is 6.94. The molecule has 0 saturated heterocycles. The predicted octanol–water partition coefficient (Wildman–Crippen LogP) is 2.86. The van der Waals surface area contributed by atoms with Crippen molar-refractivity contribution < 1.29 is 4.74 Å². The third-order valence-electron chi connectivity index (χ3n) is 2.72. The number of hydrogen-bond acceptors (Lipinski definition) is 2. The topological polar surface area (TPSA) is 59.6 Å². The largest absolute Gasteiger partial charge is 0.374 e. The summed E-state index contributed by atoms with van der Waals surface area (Å²) in [5, 5.41) is 3.13. The lowest BCUT2D eigenvalue weighted by molar-refractivity contribution is 0.0652. The van der Waals surface area contributed by atoms with Crippen molar-refractivity contribution in [3.8, 4) is 0 Å². The van der Waals surface area contributed by atoms with E-state index >= 15 is 0 Å². The average molecular weight is 277 g/mol. The number of nitrogens with zero attached hydrogens (tertiary/aromatic N) is 1. The standard InChI is InChI=1S/C16H27N3O/c1-13(14-9-6-5-7-10-14)20-12-8-11-18-15(17)19-16(2,3)4/h5-7,9-10,13H,8,11-12H2,1-4H3,(H3,17,18,19). The smallest absolute Gasteiger partial charge is 0.188 e. The van der Waals surface area contributed by atoms with Crippen LogP contribution in [0.2, 0.25) is 0 Å². The zero-order valence-corrected chi connectivity index (χ0v) is 13.0. The van der Waals surface area contributed by atoms with Gasteiger partial charge in [-0.2, -0.15) is 0 Å². The van der Waals surface area contributed by atoms with Crippen molar-refractivity contribution in [2.45, 2.75) is 45.8 Å². The highest BCUT2D eigenvalue weighted by Crippen LogP contribution is 2.15. The van der Waals surface area contributed by atoms with E-state index in [1.54, 1.807) is 0 Å². The second-order valence-corrected chi connectivity index (χ2v) is 5.92. The molecule has 0 heterocycles. The molecule has 0 bridgehead atoms. The van der Waals surface area contributed by atoms with Crippen molar-refractivity contribution >= 4 is 5.96 Å². The summed E-state index contributed by atoms with van der Waals surface area (Å²) in [7, 11) is 0. The van der Waals surface area contributed by atoms with Crippen molar-refractivity contribution in [2.24, 2.45) is 10.7 Å². The van der Waals surface area contributed by atoms with E-state index in [0.29, 0.717) is 19.1 Å². The number of ether oxygens (including phenoxy) is 1. The highest BCUT2D eigenvalue weighted by molar-refractivity contribution is 5.78. The predicted molar refractivity (Wildman–Crippen MR) is 84.8 cm³/mol. The van der Waals surface area contributed by atoms with E-state index < -0.39 is 0 Å². The van der Waals surface area contributed by atoms with Crippen molar-refractivity contribution in [3.05, 3.63) is 35.9 Å². The molecular formula is C16H27N3O. The lowest BCUT2D eigenvalue weighted by atomic mass is 10.1. The molecule has 3 N–H and O–H groups in total. The Kier molecular flexibility index (Phi) is 6.52. The molecule has 0 amide bonds. The number of benzene rings is 1. The quantitative estimate of drug-likeness (QED) is 0.477. The fraction of sp³-hybridized carbons (Fsp3) is 0.562. The molecule has 0 aliphatic heterocycles. The number of nitrogens with one attached hydrogen (secondary N) is 1. The van der Waals surface area contributed by atoms with E-state index in [0.717, 1.165) is 6.42 Å². The Hall–Kier alpha value is -1.55. The molecule has 112 valence electrons. The van der Waals surface area contributed by atoms with Gasteiger partial charge in [-0.25, -0.2) is 0 Å². The number of hydrogen-bond donors (Lipinski definition) is 2. The molecular weight excluding hydrogens is 250 g/mol. The highest BCUT2D eigenvalue weighted by Gasteiger charge is 2.09. The van der Waals surface area contributed by atoms with Crippen LogP contribution >= 0.6 is 0 Å². The number of nitrogens with two attached hydrogens (primary N) is 1. The Labute approximate surface area is 122 Å². The van der Waals surface area contributed by atoms with Crippen LogP contribution in [0.25, 0.3) is 0 Å². The fourth-order valence-corrected chi connectivity index (χ4v) is 1.77. The Morgan fingerprint density at radius 3 is 2.55 bits per heavy atom. The molecule has 0 saturated carbocycles. The first-order chi connectivity index (χ1) is 9.38. The van der Waals surface area contributed by atoms with Gasteiger partial charge in [-0.3, -0.25) is 4.99 Å². The Morgan fingerprint density at radius 2 is 1.95 bits per heavy atom. The van der Waals surface area contributed by atoms with Crippen LogP contribution in [-0.4, -0.2) is 24.7 Å². The molecule has 0 aliphatic rings. The van der Waals surface area contributed by atoms with Gasteiger partial charge in [0, 0.05) is 18.7 Å². The van der Waals surface area contributed by atoms with Crippen molar-refractivity contribution in [3.63, 3.8) is 0 Å². The Morgan fingerprint density at radius 1 is 1.30 bits per heavy atom. The van der Waals surface area contributed by atoms with Gasteiger partial charge in [-0.15, -0.1) is 0 Å². The minimum absolute atomic E-state index is 0.0497. The molecule has 1 aromatic rings. The Balaban J connectivity index is 2.21. The van der Waals surface area contributed by atoms with E-state index in [9.17, 15) is 0 Å². The zero-order valence-electron chi connectivity index (χ0n) is 13.0. The van der Waals surface area contributed by atoms with Gasteiger partial charge < -0.3 is 15.8 Å². The lowest BCUT2D eigenvalue weighted by Crippen LogP contribution is -2.45. The van der Waals surface area contributed by atoms with E-state index in [4.69, 9.17) is 10.5 Å². The molecule has 1 atom stereocenters. The van der Waals surface area contributed by atoms with Crippen LogP contribution in [0.4, 0.5) is 0 Å². The maximum atomic E-state index is 5.79. The van der Waals surface area contributed by atoms with Crippen LogP contribution < -0.4 is 11.1 Å². The summed E-state index contributed by atoms with van der Waals surface area (Å²) in [4.78, 5) is 4.28. The van der Waals surface area contributed by atoms with E-state index in [2.05, 4.69) is 50.1 Å². The van der Waals surface area contributed by atoms with Gasteiger partial charge in [0.25, 0.3) is 0 Å². The fourth-order valence-electron chi connectivity index (χ4n) is 1.77. The van der Waals surface area contributed by atoms with Crippen LogP contribution in [0.15, 0.2) is 35.3 Å². The molecule has 0 radical (unpaired) electrons. The average Bonchev–Trinajstić information content (AvgIpc) is 2.37. The number of guanidine groups is 1. The summed E-state index contributed by atoms with van der Waals surface area (Å²) >= 11 is 0. The summed E-state index contributed by atoms with van der Waals surface area (Å²) in [6.45, 7) is 9.59. The van der Waals surface area contributed by atoms with Gasteiger partial charge in [0.1, 0.15) is 0 Å². The molecule has 0 fully saturated rings. The van der Waals surface area contributed by atoms with Gasteiger partial charge in [0.05, 0.1) is 6.10 Å². The van der Waals surface area contributed by atoms with Crippen molar-refractivity contribution in [2.75, 3.05) is 13.2 Å². The van der Waals surface area contributed by atoms with E-state index in [-0.39, 0.29) is 11.6 Å². The minimum atomic E-state index is -0.0497. The van der Waals surface area contributed by atoms with Gasteiger partial charge in [-0.05, 0) is 39.7 Å². The molecule has 1 unspecified atom stereocenters. The molecule has 4 heteroatoms. The maximum absolute atomic E-state index is 5.79. The van der Waals surface area contributed by atoms with Crippen molar-refractivity contribution in [1.82, 2.24) is 5.32 Å². The molecule has 20 heavy (non-hydrogen) atoms. The minimum Gasteiger partial charge on any atom is -0.374 e. The molecule has 4 nitrogen and oxygen atoms in total. The molecule has 0 spiro atoms. The van der Waals surface area contributed by atoms with E-state index in [1.807, 2.05) is 18.2 Å². The van der Waals surface area contributed by atoms with Gasteiger partial charge in [0.2, 0.25) is 0 Å². The summed E-state index contributed by atoms with van der Waals surface area (Å²) in [6.07, 6.45) is 0.981. The second-order valence-electron chi connectivity index (χ2n) is 5.92.